The molecule has 1 aromatic carbocycles. The molecule has 22 heavy (non-hydrogen) atoms. The minimum atomic E-state index is -0.537. The van der Waals surface area contributed by atoms with Crippen molar-refractivity contribution in [2.24, 2.45) is 5.92 Å². The molecule has 0 amide bonds. The van der Waals surface area contributed by atoms with Crippen LogP contribution >= 0.6 is 0 Å². The van der Waals surface area contributed by atoms with E-state index in [1.807, 2.05) is 12.1 Å². The molecule has 1 aliphatic heterocycles. The van der Waals surface area contributed by atoms with E-state index in [0.717, 1.165) is 37.8 Å². The number of hydrogen-bond donors (Lipinski definition) is 2. The number of aromatic hydroxyl groups is 1. The maximum absolute atomic E-state index is 10.8. The first-order chi connectivity index (χ1) is 10.6. The highest BCUT2D eigenvalue weighted by molar-refractivity contribution is 5.54. The predicted molar refractivity (Wildman–Crippen MR) is 83.4 cm³/mol. The van der Waals surface area contributed by atoms with Crippen molar-refractivity contribution in [3.8, 4) is 17.2 Å². The lowest BCUT2D eigenvalue weighted by molar-refractivity contribution is -0.0503. The number of hydrogen-bond acceptors (Lipinski definition) is 5. The summed E-state index contributed by atoms with van der Waals surface area (Å²) in [5.41, 5.74) is 0.266. The number of rotatable bonds is 5. The van der Waals surface area contributed by atoms with E-state index in [0.29, 0.717) is 30.5 Å². The molecule has 0 bridgehead atoms. The molecule has 1 saturated heterocycles. The summed E-state index contributed by atoms with van der Waals surface area (Å²) in [7, 11) is 3.07. The van der Waals surface area contributed by atoms with E-state index in [1.165, 1.54) is 7.11 Å². The van der Waals surface area contributed by atoms with Gasteiger partial charge in [0.05, 0.1) is 19.8 Å². The van der Waals surface area contributed by atoms with E-state index in [9.17, 15) is 10.2 Å². The molecule has 0 spiro atoms. The molecule has 0 radical (unpaired) electrons. The lowest BCUT2D eigenvalue weighted by Gasteiger charge is -2.39. The third-order valence-electron chi connectivity index (χ3n) is 4.92. The summed E-state index contributed by atoms with van der Waals surface area (Å²) in [4.78, 5) is 2.22. The minimum Gasteiger partial charge on any atom is -0.504 e. The van der Waals surface area contributed by atoms with Gasteiger partial charge in [-0.15, -0.1) is 0 Å². The lowest BCUT2D eigenvalue weighted by Crippen LogP contribution is -2.49. The number of likely N-dealkylation sites (tertiary alicyclic amines) is 1. The van der Waals surface area contributed by atoms with Crippen LogP contribution < -0.4 is 9.47 Å². The van der Waals surface area contributed by atoms with Gasteiger partial charge in [-0.05, 0) is 44.2 Å². The zero-order chi connectivity index (χ0) is 15.7. The molecule has 5 heteroatoms. The average molecular weight is 307 g/mol. The number of β-amino-alcohol motifs (C(OH)–C–C–N with tert-alkyl or cyclic N) is 1. The number of phenols is 1. The summed E-state index contributed by atoms with van der Waals surface area (Å²) in [6.07, 6.45) is 4.19. The van der Waals surface area contributed by atoms with Crippen LogP contribution in [-0.2, 0) is 6.54 Å². The lowest BCUT2D eigenvalue weighted by atomic mass is 9.88. The van der Waals surface area contributed by atoms with E-state index in [4.69, 9.17) is 9.47 Å². The van der Waals surface area contributed by atoms with Gasteiger partial charge in [0, 0.05) is 18.7 Å². The summed E-state index contributed by atoms with van der Waals surface area (Å²) >= 11 is 0. The Morgan fingerprint density at radius 2 is 2.05 bits per heavy atom. The largest absolute Gasteiger partial charge is 0.504 e. The second kappa shape index (κ2) is 5.97. The molecular formula is C17H25NO4. The Bertz CT molecular complexity index is 544. The maximum Gasteiger partial charge on any atom is 0.203 e. The fourth-order valence-corrected chi connectivity index (χ4v) is 3.56. The summed E-state index contributed by atoms with van der Waals surface area (Å²) in [5.74, 6) is 1.49. The molecule has 1 heterocycles. The second-order valence-corrected chi connectivity index (χ2v) is 6.50. The van der Waals surface area contributed by atoms with Crippen molar-refractivity contribution < 1.29 is 19.7 Å². The summed E-state index contributed by atoms with van der Waals surface area (Å²) < 4.78 is 10.4. The van der Waals surface area contributed by atoms with Crippen LogP contribution in [0.25, 0.3) is 0 Å². The Kier molecular flexibility index (Phi) is 4.19. The molecule has 3 rings (SSSR count). The van der Waals surface area contributed by atoms with Gasteiger partial charge in [-0.2, -0.15) is 0 Å². The molecule has 0 aromatic heterocycles. The first-order valence-electron chi connectivity index (χ1n) is 7.95. The van der Waals surface area contributed by atoms with Gasteiger partial charge in [-0.3, -0.25) is 4.90 Å². The van der Waals surface area contributed by atoms with Crippen LogP contribution in [0.2, 0.25) is 0 Å². The highest BCUT2D eigenvalue weighted by Crippen LogP contribution is 2.45. The summed E-state index contributed by atoms with van der Waals surface area (Å²) in [5, 5.41) is 21.2. The first kappa shape index (κ1) is 15.4. The zero-order valence-corrected chi connectivity index (χ0v) is 13.3. The molecule has 2 fully saturated rings. The molecule has 1 saturated carbocycles. The Labute approximate surface area is 131 Å². The van der Waals surface area contributed by atoms with E-state index in [2.05, 4.69) is 4.90 Å². The number of benzene rings is 1. The fourth-order valence-electron chi connectivity index (χ4n) is 3.56. The fraction of sp³-hybridized carbons (Fsp3) is 0.647. The Morgan fingerprint density at radius 3 is 2.68 bits per heavy atom. The van der Waals surface area contributed by atoms with Gasteiger partial charge in [-0.25, -0.2) is 0 Å². The number of methoxy groups -OCH3 is 2. The van der Waals surface area contributed by atoms with Crippen LogP contribution in [0, 0.1) is 5.92 Å². The average Bonchev–Trinajstić information content (AvgIpc) is 3.34. The normalized spacial score (nSPS) is 26.0. The van der Waals surface area contributed by atoms with Crippen LogP contribution in [0.15, 0.2) is 12.1 Å². The highest BCUT2D eigenvalue weighted by atomic mass is 16.5. The molecule has 1 unspecified atom stereocenters. The summed E-state index contributed by atoms with van der Waals surface area (Å²) in [6, 6.07) is 3.67. The highest BCUT2D eigenvalue weighted by Gasteiger charge is 2.46. The Morgan fingerprint density at radius 1 is 1.27 bits per heavy atom. The molecular weight excluding hydrogens is 282 g/mol. The van der Waals surface area contributed by atoms with Crippen molar-refractivity contribution in [1.82, 2.24) is 4.90 Å². The van der Waals surface area contributed by atoms with Crippen LogP contribution in [0.3, 0.4) is 0 Å². The van der Waals surface area contributed by atoms with Crippen molar-refractivity contribution in [3.63, 3.8) is 0 Å². The monoisotopic (exact) mass is 307 g/mol. The third-order valence-corrected chi connectivity index (χ3v) is 4.92. The van der Waals surface area contributed by atoms with Crippen molar-refractivity contribution >= 4 is 0 Å². The molecule has 2 N–H and O–H groups in total. The molecule has 1 atom stereocenters. The molecule has 5 nitrogen and oxygen atoms in total. The number of piperidine rings is 1. The molecule has 1 aromatic rings. The smallest absolute Gasteiger partial charge is 0.203 e. The third kappa shape index (κ3) is 2.88. The molecule has 1 aliphatic carbocycles. The SMILES string of the molecule is COc1ccc(CN2CCCC(O)(C3CC3)C2)c(O)c1OC. The maximum atomic E-state index is 10.8. The van der Waals surface area contributed by atoms with E-state index in [-0.39, 0.29) is 5.75 Å². The van der Waals surface area contributed by atoms with Gasteiger partial charge in [0.2, 0.25) is 5.75 Å². The number of phenolic OH excluding ortho intramolecular Hbond substituents is 1. The zero-order valence-electron chi connectivity index (χ0n) is 13.3. The second-order valence-electron chi connectivity index (χ2n) is 6.50. The van der Waals surface area contributed by atoms with Gasteiger partial charge in [0.15, 0.2) is 11.5 Å². The van der Waals surface area contributed by atoms with Crippen molar-refractivity contribution in [2.45, 2.75) is 37.8 Å². The number of ether oxygens (including phenoxy) is 2. The predicted octanol–water partition coefficient (Wildman–Crippen LogP) is 2.15. The van der Waals surface area contributed by atoms with Crippen LogP contribution in [0.1, 0.15) is 31.2 Å². The van der Waals surface area contributed by atoms with Gasteiger partial charge in [-0.1, -0.05) is 6.07 Å². The standard InChI is InChI=1S/C17H25NO4/c1-21-14-7-4-12(15(19)16(14)22-2)10-18-9-3-8-17(20,11-18)13-5-6-13/h4,7,13,19-20H,3,5-6,8-11H2,1-2H3. The Balaban J connectivity index is 1.75. The van der Waals surface area contributed by atoms with E-state index in [1.54, 1.807) is 7.11 Å². The molecule has 122 valence electrons. The van der Waals surface area contributed by atoms with Crippen molar-refractivity contribution in [2.75, 3.05) is 27.3 Å². The van der Waals surface area contributed by atoms with Gasteiger partial charge in [0.25, 0.3) is 0 Å². The number of nitrogens with zero attached hydrogens (tertiary/aromatic N) is 1. The van der Waals surface area contributed by atoms with Crippen LogP contribution in [0.5, 0.6) is 17.2 Å². The van der Waals surface area contributed by atoms with Gasteiger partial charge >= 0.3 is 0 Å². The summed E-state index contributed by atoms with van der Waals surface area (Å²) in [6.45, 7) is 2.25. The first-order valence-corrected chi connectivity index (χ1v) is 7.95. The topological polar surface area (TPSA) is 62.2 Å². The quantitative estimate of drug-likeness (QED) is 0.873. The van der Waals surface area contributed by atoms with Gasteiger partial charge < -0.3 is 19.7 Å². The van der Waals surface area contributed by atoms with Gasteiger partial charge in [0.1, 0.15) is 0 Å². The number of aliphatic hydroxyl groups is 1. The minimum absolute atomic E-state index is 0.127. The van der Waals surface area contributed by atoms with Crippen LogP contribution in [-0.4, -0.2) is 48.0 Å². The van der Waals surface area contributed by atoms with Crippen molar-refractivity contribution in [1.29, 1.82) is 0 Å². The van der Waals surface area contributed by atoms with E-state index < -0.39 is 5.60 Å². The van der Waals surface area contributed by atoms with Crippen molar-refractivity contribution in [3.05, 3.63) is 17.7 Å². The Hall–Kier alpha value is -1.46. The van der Waals surface area contributed by atoms with E-state index >= 15 is 0 Å². The van der Waals surface area contributed by atoms with Crippen LogP contribution in [0.4, 0.5) is 0 Å². The molecule has 2 aliphatic rings.